The quantitative estimate of drug-likeness (QED) is 0.796. The monoisotopic (exact) mass is 261 g/mol. The van der Waals surface area contributed by atoms with Crippen LogP contribution in [0.3, 0.4) is 0 Å². The number of nitrogens with two attached hydrogens (primary N) is 1. The number of ether oxygens (including phenoxy) is 1. The molecule has 0 fully saturated rings. The smallest absolute Gasteiger partial charge is 0.356 e. The zero-order chi connectivity index (χ0) is 13.8. The van der Waals surface area contributed by atoms with Crippen LogP contribution in [0.5, 0.6) is 0 Å². The normalized spacial score (nSPS) is 10.4. The third-order valence-corrected chi connectivity index (χ3v) is 2.67. The maximum Gasteiger partial charge on any atom is 0.356 e. The summed E-state index contributed by atoms with van der Waals surface area (Å²) in [4.78, 5) is 23.5. The van der Waals surface area contributed by atoms with Gasteiger partial charge in [0.1, 0.15) is 5.69 Å². The average Bonchev–Trinajstić information content (AvgIpc) is 2.81. The summed E-state index contributed by atoms with van der Waals surface area (Å²) in [6.45, 7) is 2.26. The lowest BCUT2D eigenvalue weighted by Gasteiger charge is -2.07. The van der Waals surface area contributed by atoms with E-state index >= 15 is 0 Å². The van der Waals surface area contributed by atoms with Crippen molar-refractivity contribution in [2.45, 2.75) is 13.5 Å². The number of para-hydroxylation sites is 1. The summed E-state index contributed by atoms with van der Waals surface area (Å²) in [5.41, 5.74) is 6.86. The van der Waals surface area contributed by atoms with Gasteiger partial charge >= 0.3 is 5.97 Å². The van der Waals surface area contributed by atoms with Gasteiger partial charge in [0.25, 0.3) is 5.56 Å². The first-order chi connectivity index (χ1) is 9.17. The highest BCUT2D eigenvalue weighted by atomic mass is 16.5. The van der Waals surface area contributed by atoms with Crippen LogP contribution < -0.4 is 11.3 Å². The lowest BCUT2D eigenvalue weighted by Crippen LogP contribution is -2.16. The van der Waals surface area contributed by atoms with E-state index in [9.17, 15) is 9.59 Å². The molecular weight excluding hydrogens is 246 g/mol. The fourth-order valence-electron chi connectivity index (χ4n) is 1.79. The molecule has 6 nitrogen and oxygen atoms in total. The van der Waals surface area contributed by atoms with Crippen LogP contribution >= 0.6 is 0 Å². The first-order valence-corrected chi connectivity index (χ1v) is 5.95. The summed E-state index contributed by atoms with van der Waals surface area (Å²) in [5, 5.41) is 2.73. The molecule has 100 valence electrons. The van der Waals surface area contributed by atoms with E-state index in [0.717, 1.165) is 5.56 Å². The number of carbonyl (C=O) groups excluding carboxylic acids is 1. The summed E-state index contributed by atoms with van der Waals surface area (Å²) < 4.78 is 6.13. The zero-order valence-corrected chi connectivity index (χ0v) is 10.6. The highest BCUT2D eigenvalue weighted by Gasteiger charge is 2.14. The van der Waals surface area contributed by atoms with Gasteiger partial charge < -0.3 is 10.5 Å². The van der Waals surface area contributed by atoms with Gasteiger partial charge in [-0.05, 0) is 18.6 Å². The topological polar surface area (TPSA) is 90.1 Å². The van der Waals surface area contributed by atoms with E-state index in [1.54, 1.807) is 19.1 Å². The molecule has 6 heteroatoms. The van der Waals surface area contributed by atoms with Gasteiger partial charge in [-0.25, -0.2) is 9.48 Å². The highest BCUT2D eigenvalue weighted by Crippen LogP contribution is 2.11. The number of esters is 1. The minimum atomic E-state index is -0.552. The van der Waals surface area contributed by atoms with E-state index in [0.29, 0.717) is 12.2 Å². The molecule has 0 aliphatic carbocycles. The summed E-state index contributed by atoms with van der Waals surface area (Å²) in [7, 11) is 0. The molecule has 0 amide bonds. The van der Waals surface area contributed by atoms with E-state index in [2.05, 4.69) is 5.10 Å². The Morgan fingerprint density at radius 1 is 1.42 bits per heavy atom. The summed E-state index contributed by atoms with van der Waals surface area (Å²) in [5.74, 6) is -0.552. The van der Waals surface area contributed by atoms with Crippen molar-refractivity contribution in [2.24, 2.45) is 5.73 Å². The largest absolute Gasteiger partial charge is 0.461 e. The van der Waals surface area contributed by atoms with Gasteiger partial charge in [-0.2, -0.15) is 0 Å². The second kappa shape index (κ2) is 5.53. The van der Waals surface area contributed by atoms with Crippen molar-refractivity contribution in [3.8, 4) is 5.69 Å². The first-order valence-electron chi connectivity index (χ1n) is 5.95. The summed E-state index contributed by atoms with van der Waals surface area (Å²) in [6, 6.07) is 8.44. The maximum absolute atomic E-state index is 11.9. The van der Waals surface area contributed by atoms with Crippen LogP contribution in [0.4, 0.5) is 0 Å². The van der Waals surface area contributed by atoms with Gasteiger partial charge in [-0.15, -0.1) is 0 Å². The molecule has 0 unspecified atom stereocenters. The number of hydrogen-bond acceptors (Lipinski definition) is 4. The Morgan fingerprint density at radius 3 is 2.84 bits per heavy atom. The molecule has 0 saturated carbocycles. The Balaban J connectivity index is 2.46. The van der Waals surface area contributed by atoms with Crippen molar-refractivity contribution in [1.82, 2.24) is 9.78 Å². The van der Waals surface area contributed by atoms with Crippen LogP contribution in [0.1, 0.15) is 23.0 Å². The van der Waals surface area contributed by atoms with E-state index in [1.165, 1.54) is 10.7 Å². The highest BCUT2D eigenvalue weighted by molar-refractivity contribution is 5.87. The van der Waals surface area contributed by atoms with Crippen LogP contribution in [-0.2, 0) is 11.3 Å². The van der Waals surface area contributed by atoms with Crippen LogP contribution in [-0.4, -0.2) is 22.4 Å². The van der Waals surface area contributed by atoms with Gasteiger partial charge in [-0.1, -0.05) is 18.2 Å². The van der Waals surface area contributed by atoms with Crippen molar-refractivity contribution in [3.05, 3.63) is 51.9 Å². The molecule has 0 saturated heterocycles. The molecule has 1 heterocycles. The fraction of sp³-hybridized carbons (Fsp3) is 0.231. The van der Waals surface area contributed by atoms with Crippen molar-refractivity contribution in [3.63, 3.8) is 0 Å². The van der Waals surface area contributed by atoms with Gasteiger partial charge in [0.15, 0.2) is 0 Å². The number of aromatic nitrogens is 2. The van der Waals surface area contributed by atoms with Crippen LogP contribution in [0, 0.1) is 0 Å². The van der Waals surface area contributed by atoms with Crippen molar-refractivity contribution in [2.75, 3.05) is 6.61 Å². The minimum Gasteiger partial charge on any atom is -0.461 e. The lowest BCUT2D eigenvalue weighted by molar-refractivity contribution is 0.0519. The summed E-state index contributed by atoms with van der Waals surface area (Å²) >= 11 is 0. The predicted octanol–water partition coefficient (Wildman–Crippen LogP) is 0.801. The predicted molar refractivity (Wildman–Crippen MR) is 70.2 cm³/mol. The molecule has 0 bridgehead atoms. The third kappa shape index (κ3) is 2.58. The Hall–Kier alpha value is -2.34. The number of nitrogens with zero attached hydrogens (tertiary/aromatic N) is 1. The van der Waals surface area contributed by atoms with Crippen molar-refractivity contribution in [1.29, 1.82) is 0 Å². The molecule has 1 aromatic heterocycles. The molecule has 2 aromatic rings. The van der Waals surface area contributed by atoms with Gasteiger partial charge in [-0.3, -0.25) is 9.89 Å². The second-order valence-corrected chi connectivity index (χ2v) is 3.90. The van der Waals surface area contributed by atoms with Gasteiger partial charge in [0.2, 0.25) is 0 Å². The third-order valence-electron chi connectivity index (χ3n) is 2.67. The molecule has 0 radical (unpaired) electrons. The molecule has 0 aliphatic rings. The SMILES string of the molecule is CCOC(=O)c1cc(=O)n(-c2ccccc2CN)[nH]1. The Labute approximate surface area is 109 Å². The number of H-pyrrole nitrogens is 1. The van der Waals surface area contributed by atoms with Gasteiger partial charge in [0.05, 0.1) is 12.3 Å². The lowest BCUT2D eigenvalue weighted by atomic mass is 10.2. The number of carbonyl (C=O) groups is 1. The number of nitrogens with one attached hydrogen (secondary N) is 1. The molecule has 3 N–H and O–H groups in total. The molecule has 0 atom stereocenters. The summed E-state index contributed by atoms with van der Waals surface area (Å²) in [6.07, 6.45) is 0. The molecule has 0 spiro atoms. The molecule has 2 rings (SSSR count). The van der Waals surface area contributed by atoms with E-state index in [-0.39, 0.29) is 17.9 Å². The maximum atomic E-state index is 11.9. The van der Waals surface area contributed by atoms with Gasteiger partial charge in [0, 0.05) is 12.6 Å². The second-order valence-electron chi connectivity index (χ2n) is 3.90. The number of aromatic amines is 1. The number of benzene rings is 1. The molecule has 1 aromatic carbocycles. The standard InChI is InChI=1S/C13H15N3O3/c1-2-19-13(18)10-7-12(17)16(15-10)11-6-4-3-5-9(11)8-14/h3-7,15H,2,8,14H2,1H3. The zero-order valence-electron chi connectivity index (χ0n) is 10.6. The Bertz CT molecular complexity index is 643. The molecular formula is C13H15N3O3. The van der Waals surface area contributed by atoms with Crippen LogP contribution in [0.15, 0.2) is 35.1 Å². The average molecular weight is 261 g/mol. The molecule has 19 heavy (non-hydrogen) atoms. The number of rotatable bonds is 4. The fourth-order valence-corrected chi connectivity index (χ4v) is 1.79. The molecule has 0 aliphatic heterocycles. The Morgan fingerprint density at radius 2 is 2.16 bits per heavy atom. The Kier molecular flexibility index (Phi) is 3.82. The van der Waals surface area contributed by atoms with Crippen molar-refractivity contribution >= 4 is 5.97 Å². The van der Waals surface area contributed by atoms with E-state index < -0.39 is 5.97 Å². The minimum absolute atomic E-state index is 0.124. The number of hydrogen-bond donors (Lipinski definition) is 2. The first kappa shape index (κ1) is 13.1. The van der Waals surface area contributed by atoms with Crippen LogP contribution in [0.2, 0.25) is 0 Å². The van der Waals surface area contributed by atoms with E-state index in [4.69, 9.17) is 10.5 Å². The van der Waals surface area contributed by atoms with Crippen molar-refractivity contribution < 1.29 is 9.53 Å². The van der Waals surface area contributed by atoms with Crippen LogP contribution in [0.25, 0.3) is 5.69 Å². The van der Waals surface area contributed by atoms with E-state index in [1.807, 2.05) is 12.1 Å².